The normalized spacial score (nSPS) is 52.8. The molecule has 1 heteroatoms. The smallest absolute Gasteiger partial charge is 0.0661 e. The Labute approximate surface area is 187 Å². The lowest BCUT2D eigenvalue weighted by molar-refractivity contribution is -0.177. The number of fused-ring (bicyclic) bond motifs is 5. The van der Waals surface area contributed by atoms with Crippen molar-refractivity contribution in [3.05, 3.63) is 0 Å². The zero-order chi connectivity index (χ0) is 21.7. The highest BCUT2D eigenvalue weighted by atomic mass is 14.7. The highest BCUT2D eigenvalue weighted by Gasteiger charge is 2.66. The predicted octanol–water partition coefficient (Wildman–Crippen LogP) is 8.49. The van der Waals surface area contributed by atoms with Crippen LogP contribution in [0.2, 0.25) is 0 Å². The fourth-order valence-electron chi connectivity index (χ4n) is 10.0. The van der Waals surface area contributed by atoms with Crippen molar-refractivity contribution in [2.45, 2.75) is 112 Å². The second-order valence-electron chi connectivity index (χ2n) is 12.8. The molecule has 0 saturated heterocycles. The number of hydrogen-bond donors (Lipinski definition) is 0. The maximum absolute atomic E-state index is 10.5. The van der Waals surface area contributed by atoms with Crippen molar-refractivity contribution in [2.24, 2.45) is 64.1 Å². The van der Waals surface area contributed by atoms with Crippen LogP contribution in [-0.2, 0) is 0 Å². The highest BCUT2D eigenvalue weighted by molar-refractivity contribution is 5.17. The van der Waals surface area contributed by atoms with Gasteiger partial charge in [0, 0.05) is 0 Å². The molecule has 0 spiro atoms. The summed E-state index contributed by atoms with van der Waals surface area (Å²) in [6, 6.07) is 2.98. The van der Waals surface area contributed by atoms with Gasteiger partial charge in [-0.15, -0.1) is 0 Å². The standard InChI is InChI=1S/C29H49N/c1-7-9-10-11-21-12-13-24-27-23(18-30)22(8-2)25-16-19(3)14-15-28(25,5)26(27)17-20(4)29(21,24)6/h19-27H,7-17H2,1-6H3. The van der Waals surface area contributed by atoms with Crippen molar-refractivity contribution in [3.63, 3.8) is 0 Å². The van der Waals surface area contributed by atoms with Gasteiger partial charge in [0.2, 0.25) is 0 Å². The lowest BCUT2D eigenvalue weighted by Gasteiger charge is -2.66. The first-order chi connectivity index (χ1) is 14.3. The van der Waals surface area contributed by atoms with Gasteiger partial charge in [-0.2, -0.15) is 5.26 Å². The van der Waals surface area contributed by atoms with E-state index in [9.17, 15) is 5.26 Å². The van der Waals surface area contributed by atoms with Crippen molar-refractivity contribution in [2.75, 3.05) is 0 Å². The molecule has 0 bridgehead atoms. The predicted molar refractivity (Wildman–Crippen MR) is 127 cm³/mol. The van der Waals surface area contributed by atoms with Crippen molar-refractivity contribution in [1.82, 2.24) is 0 Å². The minimum Gasteiger partial charge on any atom is -0.198 e. The lowest BCUT2D eigenvalue weighted by Crippen LogP contribution is -2.61. The Hall–Kier alpha value is -0.510. The second kappa shape index (κ2) is 8.45. The SMILES string of the molecule is CCCCCC1CCC2C3C(C#N)C(CC)C4CC(C)CCC4(C)C3CC(C)C12C. The third kappa shape index (κ3) is 3.21. The maximum Gasteiger partial charge on any atom is 0.0661 e. The molecule has 30 heavy (non-hydrogen) atoms. The Kier molecular flexibility index (Phi) is 6.38. The van der Waals surface area contributed by atoms with Gasteiger partial charge in [0.25, 0.3) is 0 Å². The van der Waals surface area contributed by atoms with Gasteiger partial charge in [0.15, 0.2) is 0 Å². The number of hydrogen-bond acceptors (Lipinski definition) is 1. The Morgan fingerprint density at radius 3 is 2.37 bits per heavy atom. The van der Waals surface area contributed by atoms with Crippen LogP contribution in [0.3, 0.4) is 0 Å². The van der Waals surface area contributed by atoms with Crippen LogP contribution in [-0.4, -0.2) is 0 Å². The molecule has 4 rings (SSSR count). The molecule has 1 nitrogen and oxygen atoms in total. The van der Waals surface area contributed by atoms with E-state index >= 15 is 0 Å². The van der Waals surface area contributed by atoms with Crippen LogP contribution in [0.5, 0.6) is 0 Å². The Morgan fingerprint density at radius 1 is 0.933 bits per heavy atom. The number of nitriles is 1. The fraction of sp³-hybridized carbons (Fsp3) is 0.966. The van der Waals surface area contributed by atoms with Gasteiger partial charge in [-0.25, -0.2) is 0 Å². The van der Waals surface area contributed by atoms with E-state index in [0.717, 1.165) is 35.5 Å². The summed E-state index contributed by atoms with van der Waals surface area (Å²) >= 11 is 0. The zero-order valence-corrected chi connectivity index (χ0v) is 20.9. The third-order valence-electron chi connectivity index (χ3n) is 11.8. The summed E-state index contributed by atoms with van der Waals surface area (Å²) in [6.45, 7) is 15.2. The van der Waals surface area contributed by atoms with Gasteiger partial charge in [-0.05, 0) is 96.7 Å². The quantitative estimate of drug-likeness (QED) is 0.416. The number of nitrogens with zero attached hydrogens (tertiary/aromatic N) is 1. The molecule has 0 amide bonds. The molecule has 0 N–H and O–H groups in total. The molecule has 11 atom stereocenters. The van der Waals surface area contributed by atoms with Gasteiger partial charge in [-0.1, -0.05) is 73.6 Å². The lowest BCUT2D eigenvalue weighted by atomic mass is 9.38. The van der Waals surface area contributed by atoms with Gasteiger partial charge >= 0.3 is 0 Å². The second-order valence-corrected chi connectivity index (χ2v) is 12.8. The molecular formula is C29H49N. The topological polar surface area (TPSA) is 23.8 Å². The molecule has 4 aliphatic carbocycles. The summed E-state index contributed by atoms with van der Waals surface area (Å²) in [5, 5.41) is 10.5. The maximum atomic E-state index is 10.5. The average Bonchev–Trinajstić information content (AvgIpc) is 3.07. The number of rotatable bonds is 5. The molecule has 0 heterocycles. The molecule has 4 saturated carbocycles. The molecule has 0 aromatic rings. The van der Waals surface area contributed by atoms with E-state index in [1.165, 1.54) is 70.6 Å². The molecule has 4 aliphatic rings. The van der Waals surface area contributed by atoms with E-state index in [-0.39, 0.29) is 0 Å². The summed E-state index contributed by atoms with van der Waals surface area (Å²) in [4.78, 5) is 0. The summed E-state index contributed by atoms with van der Waals surface area (Å²) in [5.74, 6) is 6.60. The molecule has 11 unspecified atom stereocenters. The number of unbranched alkanes of at least 4 members (excludes halogenated alkanes) is 2. The van der Waals surface area contributed by atoms with Crippen molar-refractivity contribution >= 4 is 0 Å². The van der Waals surface area contributed by atoms with Crippen LogP contribution < -0.4 is 0 Å². The Morgan fingerprint density at radius 2 is 1.70 bits per heavy atom. The summed E-state index contributed by atoms with van der Waals surface area (Å²) in [6.07, 6.45) is 15.3. The summed E-state index contributed by atoms with van der Waals surface area (Å²) < 4.78 is 0. The molecule has 0 aliphatic heterocycles. The first-order valence-electron chi connectivity index (χ1n) is 13.7. The van der Waals surface area contributed by atoms with Gasteiger partial charge < -0.3 is 0 Å². The molecule has 0 radical (unpaired) electrons. The van der Waals surface area contributed by atoms with Crippen LogP contribution >= 0.6 is 0 Å². The third-order valence-corrected chi connectivity index (χ3v) is 11.8. The van der Waals surface area contributed by atoms with Crippen molar-refractivity contribution in [1.29, 1.82) is 5.26 Å². The minimum atomic E-state index is 0.314. The van der Waals surface area contributed by atoms with E-state index in [1.54, 1.807) is 0 Å². The highest BCUT2D eigenvalue weighted by Crippen LogP contribution is 2.72. The molecule has 170 valence electrons. The Balaban J connectivity index is 1.70. The van der Waals surface area contributed by atoms with Crippen LogP contribution in [0, 0.1) is 75.4 Å². The van der Waals surface area contributed by atoms with E-state index in [0.29, 0.717) is 28.6 Å². The van der Waals surface area contributed by atoms with E-state index < -0.39 is 0 Å². The average molecular weight is 412 g/mol. The molecule has 0 aromatic heterocycles. The van der Waals surface area contributed by atoms with Gasteiger partial charge in [0.05, 0.1) is 12.0 Å². The zero-order valence-electron chi connectivity index (χ0n) is 20.9. The van der Waals surface area contributed by atoms with Crippen LogP contribution in [0.4, 0.5) is 0 Å². The van der Waals surface area contributed by atoms with E-state index in [4.69, 9.17) is 0 Å². The van der Waals surface area contributed by atoms with Crippen LogP contribution in [0.1, 0.15) is 112 Å². The largest absolute Gasteiger partial charge is 0.198 e. The summed E-state index contributed by atoms with van der Waals surface area (Å²) in [5.41, 5.74) is 0.967. The first kappa shape index (κ1) is 22.7. The monoisotopic (exact) mass is 411 g/mol. The van der Waals surface area contributed by atoms with E-state index in [2.05, 4.69) is 47.6 Å². The van der Waals surface area contributed by atoms with Crippen LogP contribution in [0.25, 0.3) is 0 Å². The Bertz CT molecular complexity index is 647. The van der Waals surface area contributed by atoms with Gasteiger partial charge in [-0.3, -0.25) is 0 Å². The van der Waals surface area contributed by atoms with Crippen molar-refractivity contribution in [3.8, 4) is 6.07 Å². The van der Waals surface area contributed by atoms with E-state index in [1.807, 2.05) is 0 Å². The molecule has 0 aromatic carbocycles. The first-order valence-corrected chi connectivity index (χ1v) is 13.7. The molecule has 4 fully saturated rings. The minimum absolute atomic E-state index is 0.314. The fourth-order valence-corrected chi connectivity index (χ4v) is 10.0. The molecular weight excluding hydrogens is 362 g/mol. The van der Waals surface area contributed by atoms with Crippen LogP contribution in [0.15, 0.2) is 0 Å². The summed E-state index contributed by atoms with van der Waals surface area (Å²) in [7, 11) is 0. The van der Waals surface area contributed by atoms with Crippen molar-refractivity contribution < 1.29 is 0 Å². The van der Waals surface area contributed by atoms with Gasteiger partial charge in [0.1, 0.15) is 0 Å².